The van der Waals surface area contributed by atoms with E-state index >= 15 is 0 Å². The minimum Gasteiger partial charge on any atom is -0.303 e. The molecule has 0 aromatic rings. The second-order valence-electron chi connectivity index (χ2n) is 4.90. The number of rotatable bonds is 7. The van der Waals surface area contributed by atoms with Crippen molar-refractivity contribution in [2.45, 2.75) is 47.5 Å². The van der Waals surface area contributed by atoms with E-state index in [0.29, 0.717) is 0 Å². The monoisotopic (exact) mass is 185 g/mol. The fourth-order valence-corrected chi connectivity index (χ4v) is 1.67. The van der Waals surface area contributed by atoms with E-state index in [0.717, 1.165) is 11.8 Å². The molecule has 80 valence electrons. The van der Waals surface area contributed by atoms with Gasteiger partial charge in [-0.3, -0.25) is 0 Å². The van der Waals surface area contributed by atoms with Gasteiger partial charge in [-0.05, 0) is 24.8 Å². The highest BCUT2D eigenvalue weighted by Gasteiger charge is 2.07. The first-order valence-electron chi connectivity index (χ1n) is 5.78. The maximum absolute atomic E-state index is 2.61. The predicted octanol–water partition coefficient (Wildman–Crippen LogP) is 3.40. The Balaban J connectivity index is 3.73. The highest BCUT2D eigenvalue weighted by molar-refractivity contribution is 4.62. The Labute approximate surface area is 84.5 Å². The molecule has 0 atom stereocenters. The molecule has 0 aliphatic heterocycles. The van der Waals surface area contributed by atoms with Gasteiger partial charge in [0.1, 0.15) is 0 Å². The van der Waals surface area contributed by atoms with Crippen LogP contribution in [0.4, 0.5) is 0 Å². The molecule has 13 heavy (non-hydrogen) atoms. The van der Waals surface area contributed by atoms with Crippen LogP contribution in [0.3, 0.4) is 0 Å². The van der Waals surface area contributed by atoms with Gasteiger partial charge in [-0.15, -0.1) is 0 Å². The summed E-state index contributed by atoms with van der Waals surface area (Å²) in [6.45, 7) is 15.3. The van der Waals surface area contributed by atoms with Gasteiger partial charge in [0.05, 0.1) is 0 Å². The average Bonchev–Trinajstić information content (AvgIpc) is 1.98. The van der Waals surface area contributed by atoms with E-state index in [1.807, 2.05) is 0 Å². The second-order valence-corrected chi connectivity index (χ2v) is 4.90. The molecule has 0 aliphatic rings. The Kier molecular flexibility index (Phi) is 7.35. The van der Waals surface area contributed by atoms with Gasteiger partial charge in [0, 0.05) is 13.1 Å². The van der Waals surface area contributed by atoms with Crippen molar-refractivity contribution in [1.29, 1.82) is 0 Å². The lowest BCUT2D eigenvalue weighted by molar-refractivity contribution is 0.216. The zero-order chi connectivity index (χ0) is 10.3. The minimum atomic E-state index is 0.801. The van der Waals surface area contributed by atoms with Crippen LogP contribution in [0, 0.1) is 11.8 Å². The normalized spacial score (nSPS) is 12.0. The molecule has 1 nitrogen and oxygen atoms in total. The van der Waals surface area contributed by atoms with Crippen molar-refractivity contribution in [1.82, 2.24) is 4.90 Å². The highest BCUT2D eigenvalue weighted by Crippen LogP contribution is 2.05. The van der Waals surface area contributed by atoms with Gasteiger partial charge < -0.3 is 4.90 Å². The van der Waals surface area contributed by atoms with Crippen LogP contribution in [0.2, 0.25) is 0 Å². The topological polar surface area (TPSA) is 3.24 Å². The van der Waals surface area contributed by atoms with Crippen LogP contribution in [0.15, 0.2) is 0 Å². The molecule has 0 aromatic carbocycles. The molecule has 0 spiro atoms. The summed E-state index contributed by atoms with van der Waals surface area (Å²) in [6, 6.07) is 0. The van der Waals surface area contributed by atoms with E-state index in [2.05, 4.69) is 39.5 Å². The fraction of sp³-hybridized carbons (Fsp3) is 1.00. The number of hydrogen-bond donors (Lipinski definition) is 0. The molecule has 0 aromatic heterocycles. The van der Waals surface area contributed by atoms with Crippen LogP contribution in [0.5, 0.6) is 0 Å². The smallest absolute Gasteiger partial charge is 0.000449 e. The number of unbranched alkanes of at least 4 members (excludes halogenated alkanes) is 1. The SMILES string of the molecule is CCCCN(CC(C)C)CC(C)C. The third-order valence-electron chi connectivity index (χ3n) is 2.07. The van der Waals surface area contributed by atoms with E-state index in [-0.39, 0.29) is 0 Å². The number of hydrogen-bond acceptors (Lipinski definition) is 1. The van der Waals surface area contributed by atoms with Gasteiger partial charge in [0.2, 0.25) is 0 Å². The quantitative estimate of drug-likeness (QED) is 0.587. The minimum absolute atomic E-state index is 0.801. The molecule has 1 heteroatoms. The summed E-state index contributed by atoms with van der Waals surface area (Å²) in [5.41, 5.74) is 0. The molecular weight excluding hydrogens is 158 g/mol. The molecule has 0 unspecified atom stereocenters. The summed E-state index contributed by atoms with van der Waals surface area (Å²) in [6.07, 6.45) is 2.66. The summed E-state index contributed by atoms with van der Waals surface area (Å²) in [5.74, 6) is 1.60. The van der Waals surface area contributed by atoms with E-state index < -0.39 is 0 Å². The van der Waals surface area contributed by atoms with Crippen molar-refractivity contribution >= 4 is 0 Å². The molecule has 0 N–H and O–H groups in total. The van der Waals surface area contributed by atoms with Crippen LogP contribution in [-0.2, 0) is 0 Å². The molecule has 0 fully saturated rings. The maximum atomic E-state index is 2.61. The molecule has 0 aliphatic carbocycles. The Morgan fingerprint density at radius 3 is 1.69 bits per heavy atom. The van der Waals surface area contributed by atoms with Crippen molar-refractivity contribution in [3.8, 4) is 0 Å². The van der Waals surface area contributed by atoms with Gasteiger partial charge in [-0.25, -0.2) is 0 Å². The van der Waals surface area contributed by atoms with Gasteiger partial charge in [0.15, 0.2) is 0 Å². The fourth-order valence-electron chi connectivity index (χ4n) is 1.67. The van der Waals surface area contributed by atoms with Gasteiger partial charge in [-0.1, -0.05) is 41.0 Å². The van der Waals surface area contributed by atoms with E-state index in [4.69, 9.17) is 0 Å². The summed E-state index contributed by atoms with van der Waals surface area (Å²) in [7, 11) is 0. The van der Waals surface area contributed by atoms with Crippen molar-refractivity contribution < 1.29 is 0 Å². The van der Waals surface area contributed by atoms with Crippen molar-refractivity contribution in [2.75, 3.05) is 19.6 Å². The summed E-state index contributed by atoms with van der Waals surface area (Å²) < 4.78 is 0. The Morgan fingerprint density at radius 2 is 1.38 bits per heavy atom. The zero-order valence-electron chi connectivity index (χ0n) is 10.1. The van der Waals surface area contributed by atoms with Crippen molar-refractivity contribution in [3.05, 3.63) is 0 Å². The Hall–Kier alpha value is -0.0400. The average molecular weight is 185 g/mol. The number of nitrogens with zero attached hydrogens (tertiary/aromatic N) is 1. The molecule has 0 saturated heterocycles. The van der Waals surface area contributed by atoms with Gasteiger partial charge in [0.25, 0.3) is 0 Å². The maximum Gasteiger partial charge on any atom is 0.000449 e. The standard InChI is InChI=1S/C12H27N/c1-6-7-8-13(9-11(2)3)10-12(4)5/h11-12H,6-10H2,1-5H3. The molecular formula is C12H27N. The highest BCUT2D eigenvalue weighted by atomic mass is 15.1. The van der Waals surface area contributed by atoms with E-state index in [1.165, 1.54) is 32.5 Å². The first-order chi connectivity index (χ1) is 6.06. The third-order valence-corrected chi connectivity index (χ3v) is 2.07. The largest absolute Gasteiger partial charge is 0.303 e. The van der Waals surface area contributed by atoms with Crippen LogP contribution >= 0.6 is 0 Å². The Bertz CT molecular complexity index is 97.7. The van der Waals surface area contributed by atoms with Crippen molar-refractivity contribution in [3.63, 3.8) is 0 Å². The zero-order valence-corrected chi connectivity index (χ0v) is 10.1. The summed E-state index contributed by atoms with van der Waals surface area (Å²) in [4.78, 5) is 2.61. The molecule has 0 heterocycles. The van der Waals surface area contributed by atoms with Crippen LogP contribution in [0.1, 0.15) is 47.5 Å². The van der Waals surface area contributed by atoms with Crippen molar-refractivity contribution in [2.24, 2.45) is 11.8 Å². The first kappa shape index (κ1) is 13.0. The van der Waals surface area contributed by atoms with Gasteiger partial charge >= 0.3 is 0 Å². The lowest BCUT2D eigenvalue weighted by Gasteiger charge is -2.25. The van der Waals surface area contributed by atoms with Crippen LogP contribution < -0.4 is 0 Å². The molecule has 0 bridgehead atoms. The second kappa shape index (κ2) is 7.37. The van der Waals surface area contributed by atoms with E-state index in [1.54, 1.807) is 0 Å². The first-order valence-corrected chi connectivity index (χ1v) is 5.78. The van der Waals surface area contributed by atoms with Crippen LogP contribution in [0.25, 0.3) is 0 Å². The molecule has 0 saturated carbocycles. The lowest BCUT2D eigenvalue weighted by atomic mass is 10.1. The molecule has 0 amide bonds. The summed E-state index contributed by atoms with van der Waals surface area (Å²) in [5, 5.41) is 0. The molecule has 0 rings (SSSR count). The van der Waals surface area contributed by atoms with Gasteiger partial charge in [-0.2, -0.15) is 0 Å². The molecule has 0 radical (unpaired) electrons. The predicted molar refractivity (Wildman–Crippen MR) is 61.0 cm³/mol. The Morgan fingerprint density at radius 1 is 0.923 bits per heavy atom. The lowest BCUT2D eigenvalue weighted by Crippen LogP contribution is -2.32. The summed E-state index contributed by atoms with van der Waals surface area (Å²) >= 11 is 0. The third kappa shape index (κ3) is 8.29. The van der Waals surface area contributed by atoms with E-state index in [9.17, 15) is 0 Å². The van der Waals surface area contributed by atoms with Crippen LogP contribution in [-0.4, -0.2) is 24.5 Å².